The van der Waals surface area contributed by atoms with Gasteiger partial charge in [0.1, 0.15) is 5.75 Å². The van der Waals surface area contributed by atoms with E-state index < -0.39 is 18.3 Å². The van der Waals surface area contributed by atoms with Gasteiger partial charge in [-0.05, 0) is 12.1 Å². The largest absolute Gasteiger partial charge is 0.456 e. The highest BCUT2D eigenvalue weighted by Gasteiger charge is 2.37. The molecule has 0 radical (unpaired) electrons. The van der Waals surface area contributed by atoms with Crippen molar-refractivity contribution in [2.45, 2.75) is 12.5 Å². The van der Waals surface area contributed by atoms with Crippen LogP contribution < -0.4 is 4.74 Å². The van der Waals surface area contributed by atoms with E-state index in [2.05, 4.69) is 4.74 Å². The molecule has 0 saturated carbocycles. The molecule has 2 rings (SSSR count). The molecule has 0 aromatic heterocycles. The quantitative estimate of drug-likeness (QED) is 0.615. The molecule has 13 heavy (non-hydrogen) atoms. The number of rotatable bonds is 0. The third kappa shape index (κ3) is 1.18. The number of carbonyl (C=O) groups excluding carboxylic acids is 1. The third-order valence-corrected chi connectivity index (χ3v) is 1.87. The van der Waals surface area contributed by atoms with Crippen molar-refractivity contribution < 1.29 is 18.3 Å². The summed E-state index contributed by atoms with van der Waals surface area (Å²) in [6.07, 6.45) is -4.38. The average molecular weight is 184 g/mol. The van der Waals surface area contributed by atoms with Crippen molar-refractivity contribution in [3.63, 3.8) is 0 Å². The fraction of sp³-hybridized carbons (Fsp3) is 0.222. The fourth-order valence-corrected chi connectivity index (χ4v) is 1.22. The van der Waals surface area contributed by atoms with E-state index in [-0.39, 0.29) is 11.3 Å². The highest BCUT2D eigenvalue weighted by molar-refractivity contribution is 6.02. The van der Waals surface area contributed by atoms with Gasteiger partial charge in [0.2, 0.25) is 12.0 Å². The summed E-state index contributed by atoms with van der Waals surface area (Å²) in [6, 6.07) is 6.02. The number of fused-ring (bicyclic) bond motifs is 1. The van der Waals surface area contributed by atoms with Gasteiger partial charge in [-0.1, -0.05) is 12.1 Å². The molecule has 4 heteroatoms. The number of carbonyl (C=O) groups is 1. The van der Waals surface area contributed by atoms with E-state index in [0.29, 0.717) is 0 Å². The van der Waals surface area contributed by atoms with Crippen molar-refractivity contribution >= 4 is 5.78 Å². The average Bonchev–Trinajstić information content (AvgIpc) is 2.15. The Morgan fingerprint density at radius 2 is 1.92 bits per heavy atom. The monoisotopic (exact) mass is 184 g/mol. The number of ether oxygens (including phenoxy) is 1. The zero-order valence-corrected chi connectivity index (χ0v) is 6.54. The topological polar surface area (TPSA) is 26.3 Å². The highest BCUT2D eigenvalue weighted by Crippen LogP contribution is 2.29. The number of para-hydroxylation sites is 1. The molecule has 1 aromatic rings. The van der Waals surface area contributed by atoms with Crippen molar-refractivity contribution in [1.29, 1.82) is 0 Å². The minimum Gasteiger partial charge on any atom is -0.456 e. The van der Waals surface area contributed by atoms with Crippen molar-refractivity contribution in [2.24, 2.45) is 0 Å². The van der Waals surface area contributed by atoms with E-state index in [1.54, 1.807) is 12.1 Å². The lowest BCUT2D eigenvalue weighted by atomic mass is 10.0. The van der Waals surface area contributed by atoms with Crippen LogP contribution in [-0.4, -0.2) is 18.3 Å². The second-order valence-electron chi connectivity index (χ2n) is 2.73. The van der Waals surface area contributed by atoms with Crippen LogP contribution in [0, 0.1) is 0 Å². The minimum absolute atomic E-state index is 0.101. The van der Waals surface area contributed by atoms with Crippen LogP contribution in [0.4, 0.5) is 8.78 Å². The van der Waals surface area contributed by atoms with Gasteiger partial charge < -0.3 is 4.74 Å². The number of alkyl halides is 2. The Morgan fingerprint density at radius 3 is 2.69 bits per heavy atom. The maximum absolute atomic E-state index is 12.8. The number of benzene rings is 1. The van der Waals surface area contributed by atoms with E-state index >= 15 is 0 Å². The molecule has 0 amide bonds. The van der Waals surface area contributed by atoms with Crippen LogP contribution in [0.1, 0.15) is 10.4 Å². The Labute approximate surface area is 73.1 Å². The molecule has 0 N–H and O–H groups in total. The van der Waals surface area contributed by atoms with E-state index in [4.69, 9.17) is 0 Å². The number of Topliss-reactive ketones (excluding diaryl/α,β-unsaturated/α-hetero) is 1. The van der Waals surface area contributed by atoms with Gasteiger partial charge in [-0.3, -0.25) is 4.79 Å². The van der Waals surface area contributed by atoms with Gasteiger partial charge in [-0.25, -0.2) is 4.39 Å². The maximum Gasteiger partial charge on any atom is 0.276 e. The number of halogens is 2. The predicted molar refractivity (Wildman–Crippen MR) is 41.2 cm³/mol. The van der Waals surface area contributed by atoms with Crippen molar-refractivity contribution in [3.05, 3.63) is 29.8 Å². The van der Waals surface area contributed by atoms with E-state index in [1.165, 1.54) is 12.1 Å². The van der Waals surface area contributed by atoms with Gasteiger partial charge in [0.05, 0.1) is 5.56 Å². The first-order valence-electron chi connectivity index (χ1n) is 3.78. The van der Waals surface area contributed by atoms with Gasteiger partial charge in [-0.2, -0.15) is 4.39 Å². The summed E-state index contributed by atoms with van der Waals surface area (Å²) in [7, 11) is 0. The minimum atomic E-state index is -2.20. The summed E-state index contributed by atoms with van der Waals surface area (Å²) in [5, 5.41) is 0. The zero-order chi connectivity index (χ0) is 9.42. The van der Waals surface area contributed by atoms with Gasteiger partial charge >= 0.3 is 0 Å². The molecule has 0 fully saturated rings. The lowest BCUT2D eigenvalue weighted by molar-refractivity contribution is -0.00840. The standard InChI is InChI=1S/C9H6F2O2/c10-7-8(12)5-3-1-2-4-6(5)13-9(7)11/h1-4,7,9H. The van der Waals surface area contributed by atoms with E-state index in [1.807, 2.05) is 0 Å². The summed E-state index contributed by atoms with van der Waals surface area (Å²) in [5.74, 6) is -0.747. The lowest BCUT2D eigenvalue weighted by Crippen LogP contribution is -2.36. The molecule has 1 aromatic carbocycles. The number of hydrogen-bond acceptors (Lipinski definition) is 2. The summed E-state index contributed by atoms with van der Waals surface area (Å²) < 4.78 is 30.0. The van der Waals surface area contributed by atoms with Gasteiger partial charge in [0.15, 0.2) is 0 Å². The van der Waals surface area contributed by atoms with Gasteiger partial charge in [0, 0.05) is 0 Å². The molecule has 0 aliphatic carbocycles. The Morgan fingerprint density at radius 1 is 1.23 bits per heavy atom. The number of hydrogen-bond donors (Lipinski definition) is 0. The van der Waals surface area contributed by atoms with Crippen LogP contribution in [0.5, 0.6) is 5.75 Å². The Kier molecular flexibility index (Phi) is 1.76. The maximum atomic E-state index is 12.8. The third-order valence-electron chi connectivity index (χ3n) is 1.87. The SMILES string of the molecule is O=C1c2ccccc2OC(F)C1F. The first-order valence-corrected chi connectivity index (χ1v) is 3.78. The number of ketones is 1. The second kappa shape index (κ2) is 2.80. The summed E-state index contributed by atoms with van der Waals surface area (Å²) in [6.45, 7) is 0. The smallest absolute Gasteiger partial charge is 0.276 e. The van der Waals surface area contributed by atoms with Crippen LogP contribution in [0.3, 0.4) is 0 Å². The zero-order valence-electron chi connectivity index (χ0n) is 6.54. The Balaban J connectivity index is 2.49. The fourth-order valence-electron chi connectivity index (χ4n) is 1.22. The first-order chi connectivity index (χ1) is 6.20. The molecular weight excluding hydrogens is 178 g/mol. The molecule has 1 aliphatic rings. The molecule has 68 valence electrons. The lowest BCUT2D eigenvalue weighted by Gasteiger charge is -2.22. The molecular formula is C9H6F2O2. The molecule has 1 aliphatic heterocycles. The normalized spacial score (nSPS) is 26.5. The van der Waals surface area contributed by atoms with Crippen LogP contribution in [-0.2, 0) is 0 Å². The summed E-state index contributed by atoms with van der Waals surface area (Å²) >= 11 is 0. The van der Waals surface area contributed by atoms with Crippen LogP contribution in [0.15, 0.2) is 24.3 Å². The Bertz CT molecular complexity index is 351. The molecule has 0 saturated heterocycles. The summed E-state index contributed by atoms with van der Waals surface area (Å²) in [5.41, 5.74) is 0.101. The van der Waals surface area contributed by atoms with Crippen molar-refractivity contribution in [2.75, 3.05) is 0 Å². The molecule has 1 heterocycles. The Hall–Kier alpha value is -1.45. The summed E-state index contributed by atoms with van der Waals surface area (Å²) in [4.78, 5) is 11.1. The van der Waals surface area contributed by atoms with Crippen LogP contribution in [0.25, 0.3) is 0 Å². The molecule has 2 unspecified atom stereocenters. The molecule has 0 spiro atoms. The van der Waals surface area contributed by atoms with E-state index in [0.717, 1.165) is 0 Å². The second-order valence-corrected chi connectivity index (χ2v) is 2.73. The van der Waals surface area contributed by atoms with Gasteiger partial charge in [0.25, 0.3) is 6.36 Å². The first kappa shape index (κ1) is 8.16. The predicted octanol–water partition coefficient (Wildman–Crippen LogP) is 1.90. The van der Waals surface area contributed by atoms with Crippen LogP contribution in [0.2, 0.25) is 0 Å². The van der Waals surface area contributed by atoms with Crippen molar-refractivity contribution in [3.8, 4) is 5.75 Å². The molecule has 2 atom stereocenters. The highest BCUT2D eigenvalue weighted by atomic mass is 19.2. The van der Waals surface area contributed by atoms with Crippen molar-refractivity contribution in [1.82, 2.24) is 0 Å². The van der Waals surface area contributed by atoms with E-state index in [9.17, 15) is 13.6 Å². The van der Waals surface area contributed by atoms with Gasteiger partial charge in [-0.15, -0.1) is 0 Å². The molecule has 2 nitrogen and oxygen atoms in total. The molecule has 0 bridgehead atoms. The van der Waals surface area contributed by atoms with Crippen LogP contribution >= 0.6 is 0 Å².